The first-order valence-electron chi connectivity index (χ1n) is 6.23. The maximum absolute atomic E-state index is 11.7. The molecule has 5 nitrogen and oxygen atoms in total. The minimum atomic E-state index is -0.157. The van der Waals surface area contributed by atoms with Crippen LogP contribution in [0, 0.1) is 6.92 Å². The molecule has 0 unspecified atom stereocenters. The maximum atomic E-state index is 11.7. The van der Waals surface area contributed by atoms with Crippen molar-refractivity contribution in [1.82, 2.24) is 5.32 Å². The molecule has 1 rings (SSSR count). The summed E-state index contributed by atoms with van der Waals surface area (Å²) in [6, 6.07) is 6.83. The van der Waals surface area contributed by atoms with Crippen molar-refractivity contribution in [1.29, 1.82) is 0 Å². The van der Waals surface area contributed by atoms with Crippen molar-refractivity contribution in [2.45, 2.75) is 0 Å². The molecule has 1 aromatic carbocycles. The third-order valence-electron chi connectivity index (χ3n) is 2.31. The van der Waals surface area contributed by atoms with E-state index in [-0.39, 0.29) is 5.91 Å². The summed E-state index contributed by atoms with van der Waals surface area (Å²) in [5, 5.41) is 2.75. The van der Waals surface area contributed by atoms with Crippen LogP contribution in [-0.4, -0.2) is 45.4 Å². The summed E-state index contributed by atoms with van der Waals surface area (Å²) < 4.78 is 10.4. The van der Waals surface area contributed by atoms with E-state index in [9.17, 15) is 4.79 Å². The van der Waals surface area contributed by atoms with Gasteiger partial charge in [-0.1, -0.05) is 12.1 Å². The second-order valence-corrected chi connectivity index (χ2v) is 3.89. The Morgan fingerprint density at radius 1 is 1.21 bits per heavy atom. The molecule has 0 saturated carbocycles. The van der Waals surface area contributed by atoms with Crippen LogP contribution in [0.15, 0.2) is 24.3 Å². The number of benzene rings is 1. The van der Waals surface area contributed by atoms with Gasteiger partial charge in [-0.05, 0) is 24.6 Å². The summed E-state index contributed by atoms with van der Waals surface area (Å²) >= 11 is 0. The third kappa shape index (κ3) is 6.91. The summed E-state index contributed by atoms with van der Waals surface area (Å²) in [4.78, 5) is 11.7. The zero-order valence-electron chi connectivity index (χ0n) is 10.9. The molecule has 0 bridgehead atoms. The Morgan fingerprint density at radius 3 is 2.63 bits per heavy atom. The number of nitrogens with two attached hydrogens (primary N) is 1. The van der Waals surface area contributed by atoms with Gasteiger partial charge in [-0.2, -0.15) is 0 Å². The molecule has 0 saturated heterocycles. The SMILES string of the molecule is [CH]c1cccc(C(=O)NCCOCCOCCN)c1. The molecule has 0 heterocycles. The van der Waals surface area contributed by atoms with Crippen LogP contribution in [0.1, 0.15) is 15.9 Å². The van der Waals surface area contributed by atoms with Gasteiger partial charge in [0.05, 0.1) is 26.4 Å². The van der Waals surface area contributed by atoms with Crippen LogP contribution in [0.3, 0.4) is 0 Å². The highest BCUT2D eigenvalue weighted by molar-refractivity contribution is 5.94. The van der Waals surface area contributed by atoms with Crippen molar-refractivity contribution in [3.8, 4) is 0 Å². The maximum Gasteiger partial charge on any atom is 0.251 e. The average Bonchev–Trinajstić information content (AvgIpc) is 2.41. The Hall–Kier alpha value is -1.43. The topological polar surface area (TPSA) is 73.6 Å². The number of amides is 1. The van der Waals surface area contributed by atoms with Gasteiger partial charge in [0.1, 0.15) is 0 Å². The van der Waals surface area contributed by atoms with Gasteiger partial charge in [0.15, 0.2) is 0 Å². The van der Waals surface area contributed by atoms with Crippen molar-refractivity contribution < 1.29 is 14.3 Å². The largest absolute Gasteiger partial charge is 0.378 e. The van der Waals surface area contributed by atoms with Crippen LogP contribution in [-0.2, 0) is 9.47 Å². The van der Waals surface area contributed by atoms with Crippen LogP contribution in [0.4, 0.5) is 0 Å². The smallest absolute Gasteiger partial charge is 0.251 e. The summed E-state index contributed by atoms with van der Waals surface area (Å²) in [7, 11) is 0. The fraction of sp³-hybridized carbons (Fsp3) is 0.429. The summed E-state index contributed by atoms with van der Waals surface area (Å²) in [5.74, 6) is -0.157. The number of carbonyl (C=O) groups excluding carboxylic acids is 1. The van der Waals surface area contributed by atoms with E-state index in [2.05, 4.69) is 5.32 Å². The van der Waals surface area contributed by atoms with Gasteiger partial charge >= 0.3 is 0 Å². The fourth-order valence-electron chi connectivity index (χ4n) is 1.42. The summed E-state index contributed by atoms with van der Waals surface area (Å²) in [6.07, 6.45) is 0. The van der Waals surface area contributed by atoms with E-state index in [0.717, 1.165) is 0 Å². The molecule has 0 spiro atoms. The lowest BCUT2D eigenvalue weighted by Gasteiger charge is -2.07. The highest BCUT2D eigenvalue weighted by Crippen LogP contribution is 2.03. The molecule has 0 aliphatic carbocycles. The normalized spacial score (nSPS) is 10.4. The van der Waals surface area contributed by atoms with Gasteiger partial charge in [0.2, 0.25) is 0 Å². The third-order valence-corrected chi connectivity index (χ3v) is 2.31. The van der Waals surface area contributed by atoms with Gasteiger partial charge in [-0.3, -0.25) is 4.79 Å². The van der Waals surface area contributed by atoms with Crippen molar-refractivity contribution in [3.05, 3.63) is 42.3 Å². The standard InChI is InChI=1S/C14H20N2O3/c1-12-3-2-4-13(11-12)14(17)16-6-8-19-10-9-18-7-5-15/h1-4,11H,5-10,15H2,(H,16,17). The molecule has 0 fully saturated rings. The van der Waals surface area contributed by atoms with E-state index in [1.54, 1.807) is 24.3 Å². The first-order chi connectivity index (χ1) is 9.24. The molecule has 19 heavy (non-hydrogen) atoms. The van der Waals surface area contributed by atoms with Gasteiger partial charge in [0, 0.05) is 18.7 Å². The van der Waals surface area contributed by atoms with Crippen LogP contribution in [0.2, 0.25) is 0 Å². The molecule has 5 heteroatoms. The molecular formula is C14H20N2O3. The van der Waals surface area contributed by atoms with Crippen molar-refractivity contribution >= 4 is 5.91 Å². The quantitative estimate of drug-likeness (QED) is 0.636. The zero-order valence-corrected chi connectivity index (χ0v) is 10.9. The Balaban J connectivity index is 2.08. The predicted octanol–water partition coefficient (Wildman–Crippen LogP) is 0.467. The Kier molecular flexibility index (Phi) is 7.81. The molecule has 3 N–H and O–H groups in total. The molecule has 0 atom stereocenters. The fourth-order valence-corrected chi connectivity index (χ4v) is 1.42. The minimum absolute atomic E-state index is 0.157. The van der Waals surface area contributed by atoms with E-state index in [1.807, 2.05) is 0 Å². The Bertz CT molecular complexity index is 383. The lowest BCUT2D eigenvalue weighted by molar-refractivity contribution is 0.0511. The first kappa shape index (κ1) is 15.6. The van der Waals surface area contributed by atoms with Crippen molar-refractivity contribution in [2.75, 3.05) is 39.5 Å². The van der Waals surface area contributed by atoms with Gasteiger partial charge < -0.3 is 20.5 Å². The molecule has 1 amide bonds. The lowest BCUT2D eigenvalue weighted by atomic mass is 10.1. The Morgan fingerprint density at radius 2 is 1.95 bits per heavy atom. The Labute approximate surface area is 114 Å². The summed E-state index contributed by atoms with van der Waals surface area (Å²) in [6.45, 7) is 8.55. The molecule has 2 radical (unpaired) electrons. The monoisotopic (exact) mass is 264 g/mol. The highest BCUT2D eigenvalue weighted by atomic mass is 16.5. The number of rotatable bonds is 9. The number of hydrogen-bond donors (Lipinski definition) is 2. The van der Waals surface area contributed by atoms with E-state index in [1.165, 1.54) is 0 Å². The molecular weight excluding hydrogens is 244 g/mol. The minimum Gasteiger partial charge on any atom is -0.378 e. The molecule has 0 aliphatic rings. The average molecular weight is 264 g/mol. The number of nitrogens with one attached hydrogen (secondary N) is 1. The lowest BCUT2D eigenvalue weighted by Crippen LogP contribution is -2.27. The number of carbonyl (C=O) groups is 1. The zero-order chi connectivity index (χ0) is 13.9. The van der Waals surface area contributed by atoms with Crippen LogP contribution >= 0.6 is 0 Å². The first-order valence-corrected chi connectivity index (χ1v) is 6.23. The molecule has 104 valence electrons. The predicted molar refractivity (Wildman–Crippen MR) is 72.9 cm³/mol. The van der Waals surface area contributed by atoms with E-state index in [0.29, 0.717) is 50.6 Å². The van der Waals surface area contributed by atoms with Gasteiger partial charge in [-0.25, -0.2) is 0 Å². The molecule has 0 aromatic heterocycles. The van der Waals surface area contributed by atoms with E-state index >= 15 is 0 Å². The second-order valence-electron chi connectivity index (χ2n) is 3.89. The van der Waals surface area contributed by atoms with Crippen LogP contribution in [0.5, 0.6) is 0 Å². The van der Waals surface area contributed by atoms with Gasteiger partial charge in [0.25, 0.3) is 5.91 Å². The van der Waals surface area contributed by atoms with Gasteiger partial charge in [-0.15, -0.1) is 0 Å². The highest BCUT2D eigenvalue weighted by Gasteiger charge is 2.03. The van der Waals surface area contributed by atoms with E-state index < -0.39 is 0 Å². The summed E-state index contributed by atoms with van der Waals surface area (Å²) in [5.41, 5.74) is 6.39. The second kappa shape index (κ2) is 9.49. The number of ether oxygens (including phenoxy) is 2. The number of hydrogen-bond acceptors (Lipinski definition) is 4. The van der Waals surface area contributed by atoms with Crippen molar-refractivity contribution in [2.24, 2.45) is 5.73 Å². The van der Waals surface area contributed by atoms with Crippen molar-refractivity contribution in [3.63, 3.8) is 0 Å². The molecule has 1 aromatic rings. The molecule has 0 aliphatic heterocycles. The van der Waals surface area contributed by atoms with E-state index in [4.69, 9.17) is 22.1 Å². The van der Waals surface area contributed by atoms with Crippen LogP contribution in [0.25, 0.3) is 0 Å². The van der Waals surface area contributed by atoms with Crippen LogP contribution < -0.4 is 11.1 Å².